The Morgan fingerprint density at radius 1 is 0.964 bits per heavy atom. The maximum atomic E-state index is 14.2. The molecule has 0 fully saturated rings. The highest BCUT2D eigenvalue weighted by molar-refractivity contribution is 6.30. The van der Waals surface area contributed by atoms with Crippen molar-refractivity contribution in [1.29, 1.82) is 0 Å². The van der Waals surface area contributed by atoms with Crippen molar-refractivity contribution in [3.63, 3.8) is 0 Å². The SMILES string of the molecule is CN[C@](Cc1ccccc1)(c1cc(F)cc(C(F)(F)F)c1)c1ccc(Cl)cn1. The molecular formula is C21H17ClF4N2. The maximum absolute atomic E-state index is 14.2. The molecule has 0 aliphatic heterocycles. The highest BCUT2D eigenvalue weighted by Crippen LogP contribution is 2.37. The Labute approximate surface area is 165 Å². The lowest BCUT2D eigenvalue weighted by molar-refractivity contribution is -0.137. The van der Waals surface area contributed by atoms with Crippen LogP contribution in [0.3, 0.4) is 0 Å². The van der Waals surface area contributed by atoms with E-state index in [4.69, 9.17) is 11.6 Å². The van der Waals surface area contributed by atoms with E-state index in [1.54, 1.807) is 19.2 Å². The molecule has 1 N–H and O–H groups in total. The zero-order valence-corrected chi connectivity index (χ0v) is 15.7. The third kappa shape index (κ3) is 4.18. The van der Waals surface area contributed by atoms with Crippen molar-refractivity contribution in [3.8, 4) is 0 Å². The van der Waals surface area contributed by atoms with Crippen LogP contribution in [0.1, 0.15) is 22.4 Å². The molecule has 2 nitrogen and oxygen atoms in total. The van der Waals surface area contributed by atoms with Crippen LogP contribution in [0.15, 0.2) is 66.9 Å². The van der Waals surface area contributed by atoms with Crippen LogP contribution in [0.4, 0.5) is 17.6 Å². The van der Waals surface area contributed by atoms with Crippen LogP contribution in [-0.4, -0.2) is 12.0 Å². The summed E-state index contributed by atoms with van der Waals surface area (Å²) in [6.07, 6.45) is -2.99. The highest BCUT2D eigenvalue weighted by atomic mass is 35.5. The maximum Gasteiger partial charge on any atom is 0.416 e. The minimum atomic E-state index is -4.67. The lowest BCUT2D eigenvalue weighted by Gasteiger charge is -2.34. The zero-order valence-electron chi connectivity index (χ0n) is 14.9. The number of likely N-dealkylation sites (N-methyl/N-ethyl adjacent to an activating group) is 1. The molecule has 1 aromatic heterocycles. The Bertz CT molecular complexity index is 943. The number of nitrogens with one attached hydrogen (secondary N) is 1. The van der Waals surface area contributed by atoms with E-state index in [2.05, 4.69) is 10.3 Å². The summed E-state index contributed by atoms with van der Waals surface area (Å²) >= 11 is 5.93. The van der Waals surface area contributed by atoms with Crippen molar-refractivity contribution >= 4 is 11.6 Å². The van der Waals surface area contributed by atoms with Crippen LogP contribution in [0.2, 0.25) is 5.02 Å². The summed E-state index contributed by atoms with van der Waals surface area (Å²) in [5.41, 5.74) is -0.827. The average Bonchev–Trinajstić information content (AvgIpc) is 2.66. The van der Waals surface area contributed by atoms with Gasteiger partial charge >= 0.3 is 6.18 Å². The molecule has 0 amide bonds. The number of pyridine rings is 1. The van der Waals surface area contributed by atoms with E-state index >= 15 is 0 Å². The number of hydrogen-bond donors (Lipinski definition) is 1. The first-order valence-electron chi connectivity index (χ1n) is 8.48. The lowest BCUT2D eigenvalue weighted by Crippen LogP contribution is -2.44. The number of nitrogens with zero attached hydrogens (tertiary/aromatic N) is 1. The molecule has 0 aliphatic carbocycles. The molecule has 3 aromatic rings. The predicted molar refractivity (Wildman–Crippen MR) is 101 cm³/mol. The number of alkyl halides is 3. The molecule has 28 heavy (non-hydrogen) atoms. The van der Waals surface area contributed by atoms with Gasteiger partial charge in [0.15, 0.2) is 0 Å². The molecule has 3 rings (SSSR count). The molecule has 1 atom stereocenters. The second kappa shape index (κ2) is 7.89. The smallest absolute Gasteiger partial charge is 0.305 e. The Kier molecular flexibility index (Phi) is 5.72. The van der Waals surface area contributed by atoms with Gasteiger partial charge in [-0.2, -0.15) is 13.2 Å². The Morgan fingerprint density at radius 2 is 1.64 bits per heavy atom. The van der Waals surface area contributed by atoms with Crippen molar-refractivity contribution in [3.05, 3.63) is 100 Å². The molecule has 7 heteroatoms. The molecule has 0 radical (unpaired) electrons. The first-order valence-corrected chi connectivity index (χ1v) is 8.85. The van der Waals surface area contributed by atoms with Gasteiger partial charge < -0.3 is 5.32 Å². The summed E-state index contributed by atoms with van der Waals surface area (Å²) in [6.45, 7) is 0. The number of aromatic nitrogens is 1. The van der Waals surface area contributed by atoms with Gasteiger partial charge in [-0.15, -0.1) is 0 Å². The Balaban J connectivity index is 2.24. The molecule has 0 spiro atoms. The van der Waals surface area contributed by atoms with Crippen molar-refractivity contribution < 1.29 is 17.6 Å². The molecule has 0 unspecified atom stereocenters. The first kappa shape index (κ1) is 20.3. The van der Waals surface area contributed by atoms with Gasteiger partial charge in [0.25, 0.3) is 0 Å². The van der Waals surface area contributed by atoms with E-state index in [1.807, 2.05) is 30.3 Å². The summed E-state index contributed by atoms with van der Waals surface area (Å²) in [5, 5.41) is 3.47. The third-order valence-corrected chi connectivity index (χ3v) is 4.85. The molecule has 146 valence electrons. The summed E-state index contributed by atoms with van der Waals surface area (Å²) in [4.78, 5) is 4.32. The van der Waals surface area contributed by atoms with Crippen LogP contribution >= 0.6 is 11.6 Å². The van der Waals surface area contributed by atoms with E-state index < -0.39 is 23.1 Å². The second-order valence-corrected chi connectivity index (χ2v) is 6.84. The fraction of sp³-hybridized carbons (Fsp3) is 0.190. The summed E-state index contributed by atoms with van der Waals surface area (Å²) in [7, 11) is 1.61. The average molecular weight is 409 g/mol. The minimum Gasteiger partial charge on any atom is -0.305 e. The summed E-state index contributed by atoms with van der Waals surface area (Å²) in [6, 6.07) is 15.0. The van der Waals surface area contributed by atoms with E-state index in [9.17, 15) is 17.6 Å². The molecule has 0 bridgehead atoms. The minimum absolute atomic E-state index is 0.126. The molecule has 2 aromatic carbocycles. The van der Waals surface area contributed by atoms with Crippen LogP contribution in [0, 0.1) is 5.82 Å². The van der Waals surface area contributed by atoms with E-state index in [-0.39, 0.29) is 12.0 Å². The monoisotopic (exact) mass is 408 g/mol. The molecule has 0 saturated carbocycles. The summed E-state index contributed by atoms with van der Waals surface area (Å²) < 4.78 is 54.1. The van der Waals surface area contributed by atoms with Gasteiger partial charge in [0.1, 0.15) is 5.82 Å². The standard InChI is InChI=1S/C21H17ClF4N2/c1-27-20(12-14-5-3-2-4-6-14,19-8-7-17(22)13-28-19)15-9-16(21(24,25)26)11-18(23)10-15/h2-11,13,27H,12H2,1H3/t20-/m1/s1. The predicted octanol–water partition coefficient (Wildman–Crippen LogP) is 5.60. The topological polar surface area (TPSA) is 24.9 Å². The number of hydrogen-bond acceptors (Lipinski definition) is 2. The fourth-order valence-corrected chi connectivity index (χ4v) is 3.34. The van der Waals surface area contributed by atoms with Gasteiger partial charge in [-0.25, -0.2) is 4.39 Å². The van der Waals surface area contributed by atoms with Gasteiger partial charge in [0.05, 0.1) is 21.8 Å². The summed E-state index contributed by atoms with van der Waals surface area (Å²) in [5.74, 6) is -0.966. The zero-order chi connectivity index (χ0) is 20.4. The van der Waals surface area contributed by atoms with Crippen LogP contribution in [0.25, 0.3) is 0 Å². The van der Waals surface area contributed by atoms with Crippen LogP contribution in [-0.2, 0) is 18.1 Å². The van der Waals surface area contributed by atoms with E-state index in [1.165, 1.54) is 6.20 Å². The number of halogens is 5. The van der Waals surface area contributed by atoms with Crippen molar-refractivity contribution in [1.82, 2.24) is 10.3 Å². The van der Waals surface area contributed by atoms with Gasteiger partial charge in [-0.05, 0) is 48.5 Å². The second-order valence-electron chi connectivity index (χ2n) is 6.41. The Morgan fingerprint density at radius 3 is 2.21 bits per heavy atom. The van der Waals surface area contributed by atoms with Crippen LogP contribution in [0.5, 0.6) is 0 Å². The molecule has 0 saturated heterocycles. The molecular weight excluding hydrogens is 392 g/mol. The first-order chi connectivity index (χ1) is 13.2. The third-order valence-electron chi connectivity index (χ3n) is 4.62. The Hall–Kier alpha value is -2.44. The highest BCUT2D eigenvalue weighted by Gasteiger charge is 2.38. The van der Waals surface area contributed by atoms with Gasteiger partial charge in [-0.3, -0.25) is 4.98 Å². The largest absolute Gasteiger partial charge is 0.416 e. The lowest BCUT2D eigenvalue weighted by atomic mass is 9.80. The van der Waals surface area contributed by atoms with E-state index in [0.717, 1.165) is 17.7 Å². The van der Waals surface area contributed by atoms with Crippen molar-refractivity contribution in [2.24, 2.45) is 0 Å². The molecule has 1 heterocycles. The van der Waals surface area contributed by atoms with Gasteiger partial charge in [0, 0.05) is 12.6 Å². The van der Waals surface area contributed by atoms with Crippen molar-refractivity contribution in [2.45, 2.75) is 18.1 Å². The van der Waals surface area contributed by atoms with Gasteiger partial charge in [0.2, 0.25) is 0 Å². The number of benzene rings is 2. The number of rotatable bonds is 5. The molecule has 0 aliphatic rings. The van der Waals surface area contributed by atoms with Crippen LogP contribution < -0.4 is 5.32 Å². The quantitative estimate of drug-likeness (QED) is 0.556. The normalized spacial score (nSPS) is 13.9. The van der Waals surface area contributed by atoms with Gasteiger partial charge in [-0.1, -0.05) is 41.9 Å². The fourth-order valence-electron chi connectivity index (χ4n) is 3.23. The van der Waals surface area contributed by atoms with E-state index in [0.29, 0.717) is 16.8 Å². The van der Waals surface area contributed by atoms with Crippen molar-refractivity contribution in [2.75, 3.05) is 7.05 Å².